The lowest BCUT2D eigenvalue weighted by Gasteiger charge is -2.01. The Labute approximate surface area is 104 Å². The van der Waals surface area contributed by atoms with Gasteiger partial charge in [-0.1, -0.05) is 12.1 Å². The molecule has 1 fully saturated rings. The molecule has 1 aliphatic carbocycles. The predicted octanol–water partition coefficient (Wildman–Crippen LogP) is 3.28. The molecule has 17 heavy (non-hydrogen) atoms. The molecule has 4 nitrogen and oxygen atoms in total. The molecule has 0 bridgehead atoms. The first kappa shape index (κ1) is 10.8. The van der Waals surface area contributed by atoms with Crippen LogP contribution in [0.3, 0.4) is 0 Å². The van der Waals surface area contributed by atoms with Gasteiger partial charge in [-0.15, -0.1) is 11.3 Å². The van der Waals surface area contributed by atoms with Crippen LogP contribution in [0.1, 0.15) is 37.9 Å². The SMILES string of the molecule is CC1CCC(c2noc(-c3sccc3N)n2)C1. The average Bonchev–Trinajstić information content (AvgIpc) is 2.97. The third kappa shape index (κ3) is 1.95. The van der Waals surface area contributed by atoms with Gasteiger partial charge < -0.3 is 10.3 Å². The Bertz CT molecular complexity index is 519. The molecule has 0 saturated heterocycles. The van der Waals surface area contributed by atoms with E-state index < -0.39 is 0 Å². The summed E-state index contributed by atoms with van der Waals surface area (Å²) in [5.74, 6) is 2.64. The van der Waals surface area contributed by atoms with Crippen LogP contribution in [-0.2, 0) is 0 Å². The maximum atomic E-state index is 5.84. The molecule has 2 aromatic heterocycles. The van der Waals surface area contributed by atoms with E-state index in [-0.39, 0.29) is 0 Å². The maximum Gasteiger partial charge on any atom is 0.270 e. The van der Waals surface area contributed by atoms with E-state index >= 15 is 0 Å². The van der Waals surface area contributed by atoms with E-state index in [0.717, 1.165) is 16.6 Å². The van der Waals surface area contributed by atoms with Gasteiger partial charge in [0, 0.05) is 5.92 Å². The summed E-state index contributed by atoms with van der Waals surface area (Å²) in [6.45, 7) is 2.28. The first-order chi connectivity index (χ1) is 8.24. The molecule has 90 valence electrons. The quantitative estimate of drug-likeness (QED) is 0.887. The van der Waals surface area contributed by atoms with Gasteiger partial charge in [0.1, 0.15) is 4.88 Å². The highest BCUT2D eigenvalue weighted by molar-refractivity contribution is 7.14. The van der Waals surface area contributed by atoms with Crippen LogP contribution in [0.4, 0.5) is 5.69 Å². The predicted molar refractivity (Wildman–Crippen MR) is 67.8 cm³/mol. The topological polar surface area (TPSA) is 64.9 Å². The Morgan fingerprint density at radius 1 is 1.47 bits per heavy atom. The van der Waals surface area contributed by atoms with Crippen molar-refractivity contribution in [3.63, 3.8) is 0 Å². The van der Waals surface area contributed by atoms with E-state index in [1.165, 1.54) is 30.6 Å². The van der Waals surface area contributed by atoms with Crippen molar-refractivity contribution in [2.75, 3.05) is 5.73 Å². The minimum absolute atomic E-state index is 0.462. The third-order valence-corrected chi connectivity index (χ3v) is 4.31. The van der Waals surface area contributed by atoms with Crippen molar-refractivity contribution in [3.05, 3.63) is 17.3 Å². The van der Waals surface area contributed by atoms with Crippen molar-refractivity contribution in [3.8, 4) is 10.8 Å². The maximum absolute atomic E-state index is 5.84. The highest BCUT2D eigenvalue weighted by Gasteiger charge is 2.27. The van der Waals surface area contributed by atoms with Crippen molar-refractivity contribution >= 4 is 17.0 Å². The second-order valence-corrected chi connectivity index (χ2v) is 5.69. The summed E-state index contributed by atoms with van der Waals surface area (Å²) < 4.78 is 5.31. The molecule has 0 amide bonds. The normalized spacial score (nSPS) is 24.3. The van der Waals surface area contributed by atoms with Gasteiger partial charge in [-0.2, -0.15) is 4.98 Å². The largest absolute Gasteiger partial charge is 0.397 e. The molecule has 2 unspecified atom stereocenters. The molecular weight excluding hydrogens is 234 g/mol. The summed E-state index contributed by atoms with van der Waals surface area (Å²) in [6.07, 6.45) is 3.59. The van der Waals surface area contributed by atoms with E-state index in [1.54, 1.807) is 0 Å². The molecule has 1 aliphatic rings. The average molecular weight is 249 g/mol. The van der Waals surface area contributed by atoms with Gasteiger partial charge in [0.05, 0.1) is 5.69 Å². The number of rotatable bonds is 2. The Hall–Kier alpha value is -1.36. The molecular formula is C12H15N3OS. The number of hydrogen-bond donors (Lipinski definition) is 1. The van der Waals surface area contributed by atoms with Crippen LogP contribution in [-0.4, -0.2) is 10.1 Å². The highest BCUT2D eigenvalue weighted by atomic mass is 32.1. The fourth-order valence-corrected chi connectivity index (χ4v) is 3.17. The first-order valence-corrected chi connectivity index (χ1v) is 6.79. The van der Waals surface area contributed by atoms with Crippen molar-refractivity contribution in [2.45, 2.75) is 32.1 Å². The van der Waals surface area contributed by atoms with Crippen LogP contribution in [0.5, 0.6) is 0 Å². The van der Waals surface area contributed by atoms with E-state index in [9.17, 15) is 0 Å². The zero-order valence-corrected chi connectivity index (χ0v) is 10.5. The number of anilines is 1. The number of nitrogens with two attached hydrogens (primary N) is 1. The summed E-state index contributed by atoms with van der Waals surface area (Å²) in [5, 5.41) is 6.03. The van der Waals surface area contributed by atoms with E-state index in [4.69, 9.17) is 10.3 Å². The van der Waals surface area contributed by atoms with Gasteiger partial charge in [-0.3, -0.25) is 0 Å². The van der Waals surface area contributed by atoms with Crippen LogP contribution in [0, 0.1) is 5.92 Å². The summed E-state index contributed by atoms with van der Waals surface area (Å²) in [7, 11) is 0. The molecule has 2 atom stereocenters. The standard InChI is InChI=1S/C12H15N3OS/c1-7-2-3-8(6-7)11-14-12(16-15-11)10-9(13)4-5-17-10/h4-5,7-8H,2-3,6,13H2,1H3. The zero-order valence-electron chi connectivity index (χ0n) is 9.72. The fraction of sp³-hybridized carbons (Fsp3) is 0.500. The molecule has 5 heteroatoms. The van der Waals surface area contributed by atoms with Gasteiger partial charge in [0.15, 0.2) is 5.82 Å². The van der Waals surface area contributed by atoms with Crippen LogP contribution in [0.15, 0.2) is 16.0 Å². The monoisotopic (exact) mass is 249 g/mol. The van der Waals surface area contributed by atoms with Gasteiger partial charge in [-0.25, -0.2) is 0 Å². The van der Waals surface area contributed by atoms with E-state index in [1.807, 2.05) is 11.4 Å². The number of nitrogens with zero attached hydrogens (tertiary/aromatic N) is 2. The van der Waals surface area contributed by atoms with Crippen molar-refractivity contribution < 1.29 is 4.52 Å². The third-order valence-electron chi connectivity index (χ3n) is 3.39. The van der Waals surface area contributed by atoms with Crippen LogP contribution >= 0.6 is 11.3 Å². The first-order valence-electron chi connectivity index (χ1n) is 5.91. The summed E-state index contributed by atoms with van der Waals surface area (Å²) in [6, 6.07) is 1.86. The second-order valence-electron chi connectivity index (χ2n) is 4.78. The number of nitrogen functional groups attached to an aromatic ring is 1. The molecule has 0 radical (unpaired) electrons. The highest BCUT2D eigenvalue weighted by Crippen LogP contribution is 2.38. The van der Waals surface area contributed by atoms with Crippen molar-refractivity contribution in [1.82, 2.24) is 10.1 Å². The Kier molecular flexibility index (Phi) is 2.63. The van der Waals surface area contributed by atoms with E-state index in [0.29, 0.717) is 17.5 Å². The minimum atomic E-state index is 0.462. The number of aromatic nitrogens is 2. The molecule has 0 spiro atoms. The van der Waals surface area contributed by atoms with Crippen LogP contribution in [0.2, 0.25) is 0 Å². The Morgan fingerprint density at radius 3 is 3.00 bits per heavy atom. The molecule has 0 aliphatic heterocycles. The molecule has 2 heterocycles. The summed E-state index contributed by atoms with van der Waals surface area (Å²) in [4.78, 5) is 5.37. The van der Waals surface area contributed by atoms with Gasteiger partial charge in [0.25, 0.3) is 5.89 Å². The van der Waals surface area contributed by atoms with Crippen LogP contribution in [0.25, 0.3) is 10.8 Å². The molecule has 2 aromatic rings. The summed E-state index contributed by atoms with van der Waals surface area (Å²) >= 11 is 1.54. The summed E-state index contributed by atoms with van der Waals surface area (Å²) in [5.41, 5.74) is 6.55. The molecule has 3 rings (SSSR count). The lowest BCUT2D eigenvalue weighted by molar-refractivity contribution is 0.415. The lowest BCUT2D eigenvalue weighted by Crippen LogP contribution is -1.96. The van der Waals surface area contributed by atoms with Gasteiger partial charge in [0.2, 0.25) is 0 Å². The lowest BCUT2D eigenvalue weighted by atomic mass is 10.1. The molecule has 1 saturated carbocycles. The van der Waals surface area contributed by atoms with Crippen LogP contribution < -0.4 is 5.73 Å². The number of hydrogen-bond acceptors (Lipinski definition) is 5. The Morgan fingerprint density at radius 2 is 2.35 bits per heavy atom. The van der Waals surface area contributed by atoms with Gasteiger partial charge >= 0.3 is 0 Å². The van der Waals surface area contributed by atoms with E-state index in [2.05, 4.69) is 17.1 Å². The molecule has 0 aromatic carbocycles. The Balaban J connectivity index is 1.86. The van der Waals surface area contributed by atoms with Gasteiger partial charge in [-0.05, 0) is 36.6 Å². The smallest absolute Gasteiger partial charge is 0.270 e. The number of thiophene rings is 1. The van der Waals surface area contributed by atoms with Crippen molar-refractivity contribution in [1.29, 1.82) is 0 Å². The minimum Gasteiger partial charge on any atom is -0.397 e. The fourth-order valence-electron chi connectivity index (χ4n) is 2.43. The zero-order chi connectivity index (χ0) is 11.8. The second kappa shape index (κ2) is 4.14. The van der Waals surface area contributed by atoms with Crippen molar-refractivity contribution in [2.24, 2.45) is 5.92 Å². The molecule has 2 N–H and O–H groups in total.